The number of anilines is 1. The number of piperidine rings is 1. The summed E-state index contributed by atoms with van der Waals surface area (Å²) in [5.74, 6) is 0.473. The maximum absolute atomic E-state index is 12.9. The summed E-state index contributed by atoms with van der Waals surface area (Å²) >= 11 is 0. The van der Waals surface area contributed by atoms with E-state index in [1.165, 1.54) is 36.5 Å². The molecule has 2 heterocycles. The molecule has 1 aliphatic heterocycles. The highest BCUT2D eigenvalue weighted by atomic mass is 32.2. The molecule has 29 heavy (non-hydrogen) atoms. The summed E-state index contributed by atoms with van der Waals surface area (Å²) < 4.78 is 79.6. The molecule has 0 amide bonds. The molecule has 1 aromatic carbocycles. The summed E-state index contributed by atoms with van der Waals surface area (Å²) in [6.45, 7) is -0.00850. The molecular weight excluding hydrogens is 416 g/mol. The third-order valence-electron chi connectivity index (χ3n) is 4.42. The Kier molecular flexibility index (Phi) is 6.22. The maximum atomic E-state index is 12.9. The van der Waals surface area contributed by atoms with Crippen LogP contribution in [-0.2, 0) is 10.0 Å². The third-order valence-corrected chi connectivity index (χ3v) is 6.05. The van der Waals surface area contributed by atoms with Gasteiger partial charge in [-0.2, -0.15) is 22.5 Å². The molecule has 0 atom stereocenters. The van der Waals surface area contributed by atoms with Gasteiger partial charge in [0.2, 0.25) is 11.8 Å². The summed E-state index contributed by atoms with van der Waals surface area (Å²) in [5.41, 5.74) is -5.28. The quantitative estimate of drug-likeness (QED) is 0.702. The fraction of sp³-hybridized carbons (Fsp3) is 0.412. The Morgan fingerprint density at radius 3 is 2.41 bits per heavy atom. The van der Waals surface area contributed by atoms with Crippen LogP contribution in [0.4, 0.5) is 23.5 Å². The number of sulfonamides is 1. The van der Waals surface area contributed by atoms with Gasteiger partial charge in [0.05, 0.1) is 0 Å². The van der Waals surface area contributed by atoms with Crippen molar-refractivity contribution in [2.75, 3.05) is 25.0 Å². The molecular formula is C17H18F4N4O3S. The van der Waals surface area contributed by atoms with Gasteiger partial charge < -0.3 is 10.1 Å². The van der Waals surface area contributed by atoms with E-state index in [0.717, 1.165) is 0 Å². The van der Waals surface area contributed by atoms with Gasteiger partial charge in [-0.25, -0.2) is 17.8 Å². The van der Waals surface area contributed by atoms with Crippen LogP contribution in [0, 0.1) is 11.7 Å². The van der Waals surface area contributed by atoms with Gasteiger partial charge in [-0.3, -0.25) is 0 Å². The molecule has 0 spiro atoms. The highest BCUT2D eigenvalue weighted by Gasteiger charge is 2.50. The standard InChI is InChI=1S/C17H18F4N4O3S/c18-13-1-3-14(4-2-13)28-15-5-8-22-16(24-15)23-11-12-6-9-25(10-7-12)29(26,27)17(19,20)21/h1-5,8,12H,6-7,9-11H2,(H,22,23,24). The van der Waals surface area contributed by atoms with E-state index in [0.29, 0.717) is 16.6 Å². The van der Waals surface area contributed by atoms with Crippen molar-refractivity contribution in [3.63, 3.8) is 0 Å². The van der Waals surface area contributed by atoms with Gasteiger partial charge in [-0.15, -0.1) is 0 Å². The minimum atomic E-state index is -5.28. The number of aromatic nitrogens is 2. The Morgan fingerprint density at radius 2 is 1.79 bits per heavy atom. The summed E-state index contributed by atoms with van der Waals surface area (Å²) in [6.07, 6.45) is 2.04. The molecule has 1 aromatic heterocycles. The lowest BCUT2D eigenvalue weighted by Crippen LogP contribution is -2.45. The van der Waals surface area contributed by atoms with E-state index in [1.807, 2.05) is 0 Å². The number of hydrogen-bond acceptors (Lipinski definition) is 6. The zero-order chi connectivity index (χ0) is 21.1. The molecule has 0 unspecified atom stereocenters. The number of alkyl halides is 3. The molecule has 2 aromatic rings. The average Bonchev–Trinajstić information content (AvgIpc) is 2.68. The number of nitrogens with one attached hydrogen (secondary N) is 1. The second-order valence-corrected chi connectivity index (χ2v) is 8.38. The first-order valence-electron chi connectivity index (χ1n) is 8.72. The molecule has 1 aliphatic rings. The summed E-state index contributed by atoms with van der Waals surface area (Å²) in [7, 11) is -5.28. The largest absolute Gasteiger partial charge is 0.511 e. The predicted octanol–water partition coefficient (Wildman–Crippen LogP) is 3.38. The summed E-state index contributed by atoms with van der Waals surface area (Å²) in [4.78, 5) is 8.22. The summed E-state index contributed by atoms with van der Waals surface area (Å²) in [5, 5.41) is 2.98. The molecule has 12 heteroatoms. The maximum Gasteiger partial charge on any atom is 0.511 e. The van der Waals surface area contributed by atoms with E-state index in [4.69, 9.17) is 4.74 Å². The Labute approximate surface area is 164 Å². The SMILES string of the molecule is O=S(=O)(N1CCC(CNc2nccc(Oc3ccc(F)cc3)n2)CC1)C(F)(F)F. The van der Waals surface area contributed by atoms with Crippen LogP contribution >= 0.6 is 0 Å². The van der Waals surface area contributed by atoms with Crippen LogP contribution in [0.5, 0.6) is 11.6 Å². The molecule has 7 nitrogen and oxygen atoms in total. The molecule has 0 saturated carbocycles. The number of benzene rings is 1. The molecule has 158 valence electrons. The molecule has 1 saturated heterocycles. The first kappa shape index (κ1) is 21.2. The second-order valence-electron chi connectivity index (χ2n) is 6.45. The lowest BCUT2D eigenvalue weighted by atomic mass is 9.98. The lowest BCUT2D eigenvalue weighted by Gasteiger charge is -2.31. The molecule has 0 radical (unpaired) electrons. The minimum absolute atomic E-state index is 0.0278. The van der Waals surface area contributed by atoms with E-state index in [-0.39, 0.29) is 43.7 Å². The molecule has 0 aliphatic carbocycles. The van der Waals surface area contributed by atoms with Crippen LogP contribution in [0.15, 0.2) is 36.5 Å². The number of halogens is 4. The third kappa shape index (κ3) is 5.32. The zero-order valence-electron chi connectivity index (χ0n) is 15.1. The van der Waals surface area contributed by atoms with Crippen molar-refractivity contribution in [1.82, 2.24) is 14.3 Å². The predicted molar refractivity (Wildman–Crippen MR) is 96.3 cm³/mol. The highest BCUT2D eigenvalue weighted by Crippen LogP contribution is 2.30. The van der Waals surface area contributed by atoms with Crippen molar-refractivity contribution in [3.05, 3.63) is 42.3 Å². The van der Waals surface area contributed by atoms with E-state index in [1.54, 1.807) is 0 Å². The summed E-state index contributed by atoms with van der Waals surface area (Å²) in [6, 6.07) is 6.93. The van der Waals surface area contributed by atoms with Gasteiger partial charge >= 0.3 is 15.5 Å². The Hall–Kier alpha value is -2.47. The molecule has 1 N–H and O–H groups in total. The molecule has 1 fully saturated rings. The minimum Gasteiger partial charge on any atom is -0.439 e. The van der Waals surface area contributed by atoms with Crippen LogP contribution in [0.1, 0.15) is 12.8 Å². The first-order chi connectivity index (χ1) is 13.6. The van der Waals surface area contributed by atoms with Crippen molar-refractivity contribution in [2.45, 2.75) is 18.3 Å². The van der Waals surface area contributed by atoms with Crippen LogP contribution in [0.25, 0.3) is 0 Å². The average molecular weight is 434 g/mol. The number of rotatable bonds is 6. The van der Waals surface area contributed by atoms with Crippen molar-refractivity contribution >= 4 is 16.0 Å². The van der Waals surface area contributed by atoms with Crippen molar-refractivity contribution in [1.29, 1.82) is 0 Å². The van der Waals surface area contributed by atoms with Gasteiger partial charge in [0.1, 0.15) is 11.6 Å². The first-order valence-corrected chi connectivity index (χ1v) is 10.2. The van der Waals surface area contributed by atoms with E-state index >= 15 is 0 Å². The van der Waals surface area contributed by atoms with Gasteiger partial charge in [-0.1, -0.05) is 0 Å². The monoisotopic (exact) mass is 434 g/mol. The molecule has 3 rings (SSSR count). The molecule has 0 bridgehead atoms. The van der Waals surface area contributed by atoms with Gasteiger partial charge in [-0.05, 0) is 43.0 Å². The van der Waals surface area contributed by atoms with E-state index < -0.39 is 21.3 Å². The number of ether oxygens (including phenoxy) is 1. The highest BCUT2D eigenvalue weighted by molar-refractivity contribution is 7.90. The van der Waals surface area contributed by atoms with Crippen molar-refractivity contribution < 1.29 is 30.7 Å². The smallest absolute Gasteiger partial charge is 0.439 e. The van der Waals surface area contributed by atoms with Gasteiger partial charge in [0.25, 0.3) is 0 Å². The Morgan fingerprint density at radius 1 is 1.14 bits per heavy atom. The van der Waals surface area contributed by atoms with Crippen molar-refractivity contribution in [2.24, 2.45) is 5.92 Å². The van der Waals surface area contributed by atoms with Crippen LogP contribution in [-0.4, -0.2) is 47.8 Å². The zero-order valence-corrected chi connectivity index (χ0v) is 15.9. The van der Waals surface area contributed by atoms with Crippen LogP contribution < -0.4 is 10.1 Å². The van der Waals surface area contributed by atoms with E-state index in [9.17, 15) is 26.0 Å². The Balaban J connectivity index is 1.52. The van der Waals surface area contributed by atoms with Crippen LogP contribution in [0.3, 0.4) is 0 Å². The number of hydrogen-bond donors (Lipinski definition) is 1. The fourth-order valence-electron chi connectivity index (χ4n) is 2.84. The van der Waals surface area contributed by atoms with Gasteiger partial charge in [0, 0.05) is 31.9 Å². The van der Waals surface area contributed by atoms with Crippen molar-refractivity contribution in [3.8, 4) is 11.6 Å². The number of nitrogens with zero attached hydrogens (tertiary/aromatic N) is 3. The normalized spacial score (nSPS) is 16.6. The second kappa shape index (κ2) is 8.49. The topological polar surface area (TPSA) is 84.4 Å². The van der Waals surface area contributed by atoms with Crippen LogP contribution in [0.2, 0.25) is 0 Å². The van der Waals surface area contributed by atoms with E-state index in [2.05, 4.69) is 15.3 Å². The lowest BCUT2D eigenvalue weighted by molar-refractivity contribution is -0.0496. The fourth-order valence-corrected chi connectivity index (χ4v) is 3.83. The Bertz CT molecular complexity index is 930. The van der Waals surface area contributed by atoms with Gasteiger partial charge in [0.15, 0.2) is 0 Å².